The van der Waals surface area contributed by atoms with Crippen molar-refractivity contribution in [2.45, 2.75) is 25.0 Å². The normalized spacial score (nSPS) is 20.7. The van der Waals surface area contributed by atoms with Crippen LogP contribution in [0, 0.1) is 11.3 Å². The van der Waals surface area contributed by atoms with Crippen LogP contribution in [0.25, 0.3) is 0 Å². The maximum atomic E-state index is 12.4. The molecular formula is C16H20N2O4. The van der Waals surface area contributed by atoms with Crippen LogP contribution in [0.3, 0.4) is 0 Å². The van der Waals surface area contributed by atoms with Crippen LogP contribution in [0.1, 0.15) is 12.0 Å². The van der Waals surface area contributed by atoms with Crippen molar-refractivity contribution in [3.05, 3.63) is 29.8 Å². The first-order chi connectivity index (χ1) is 10.7. The average molecular weight is 304 g/mol. The number of benzene rings is 1. The van der Waals surface area contributed by atoms with Gasteiger partial charge in [-0.2, -0.15) is 5.26 Å². The van der Waals surface area contributed by atoms with Crippen molar-refractivity contribution in [1.29, 1.82) is 5.26 Å². The van der Waals surface area contributed by atoms with Crippen LogP contribution in [-0.2, 0) is 16.0 Å². The molecule has 6 nitrogen and oxygen atoms in total. The largest absolute Gasteiger partial charge is 0.479 e. The maximum Gasteiger partial charge on any atom is 0.227 e. The van der Waals surface area contributed by atoms with Gasteiger partial charge in [0.25, 0.3) is 0 Å². The lowest BCUT2D eigenvalue weighted by molar-refractivity contribution is -0.132. The van der Waals surface area contributed by atoms with Crippen molar-refractivity contribution in [1.82, 2.24) is 4.90 Å². The molecule has 22 heavy (non-hydrogen) atoms. The first-order valence-corrected chi connectivity index (χ1v) is 7.19. The topological polar surface area (TPSA) is 82.8 Å². The van der Waals surface area contributed by atoms with Crippen LogP contribution in [0.15, 0.2) is 24.3 Å². The molecule has 2 atom stereocenters. The van der Waals surface area contributed by atoms with Crippen molar-refractivity contribution >= 4 is 5.91 Å². The smallest absolute Gasteiger partial charge is 0.227 e. The van der Waals surface area contributed by atoms with E-state index < -0.39 is 0 Å². The fourth-order valence-corrected chi connectivity index (χ4v) is 2.66. The average Bonchev–Trinajstić information content (AvgIpc) is 2.97. The monoisotopic (exact) mass is 304 g/mol. The number of nitrogens with zero attached hydrogens (tertiary/aromatic N) is 2. The van der Waals surface area contributed by atoms with E-state index in [0.717, 1.165) is 5.56 Å². The molecule has 0 saturated carbocycles. The number of ether oxygens (including phenoxy) is 2. The van der Waals surface area contributed by atoms with E-state index in [1.165, 1.54) is 0 Å². The Labute approximate surface area is 129 Å². The van der Waals surface area contributed by atoms with Gasteiger partial charge in [-0.05, 0) is 24.1 Å². The molecule has 1 N–H and O–H groups in total. The molecule has 1 heterocycles. The summed E-state index contributed by atoms with van der Waals surface area (Å²) >= 11 is 0. The summed E-state index contributed by atoms with van der Waals surface area (Å²) in [5, 5.41) is 17.9. The molecule has 1 saturated heterocycles. The highest BCUT2D eigenvalue weighted by Crippen LogP contribution is 2.21. The fraction of sp³-hybridized carbons (Fsp3) is 0.500. The highest BCUT2D eigenvalue weighted by molar-refractivity contribution is 5.79. The number of nitriles is 1. The molecule has 0 radical (unpaired) electrons. The second kappa shape index (κ2) is 7.78. The molecule has 1 aliphatic rings. The summed E-state index contributed by atoms with van der Waals surface area (Å²) in [6.45, 7) is 0.424. The van der Waals surface area contributed by atoms with E-state index in [9.17, 15) is 9.90 Å². The van der Waals surface area contributed by atoms with Crippen LogP contribution in [0.4, 0.5) is 0 Å². The number of methoxy groups -OCH3 is 1. The Bertz CT molecular complexity index is 555. The Morgan fingerprint density at radius 3 is 3.05 bits per heavy atom. The standard InChI is InChI=1S/C16H20N2O4/c1-21-15-9-13(11-19)18(10-15)16(20)8-12-3-2-4-14(7-12)22-6-5-17/h2-4,7,13,15,19H,6,8-11H2,1H3/t13-,15-/m0/s1. The second-order valence-electron chi connectivity index (χ2n) is 5.25. The van der Waals surface area contributed by atoms with Crippen molar-refractivity contribution in [2.24, 2.45) is 0 Å². The van der Waals surface area contributed by atoms with Crippen molar-refractivity contribution in [3.63, 3.8) is 0 Å². The molecule has 6 heteroatoms. The maximum absolute atomic E-state index is 12.4. The molecule has 0 aromatic heterocycles. The van der Waals surface area contributed by atoms with Crippen LogP contribution < -0.4 is 4.74 Å². The van der Waals surface area contributed by atoms with Gasteiger partial charge in [-0.3, -0.25) is 4.79 Å². The Morgan fingerprint density at radius 2 is 2.36 bits per heavy atom. The van der Waals surface area contributed by atoms with E-state index in [1.54, 1.807) is 30.2 Å². The van der Waals surface area contributed by atoms with Gasteiger partial charge < -0.3 is 19.5 Å². The van der Waals surface area contributed by atoms with Crippen LogP contribution in [-0.4, -0.2) is 54.9 Å². The van der Waals surface area contributed by atoms with Gasteiger partial charge in [0.15, 0.2) is 6.61 Å². The third-order valence-corrected chi connectivity index (χ3v) is 3.80. The number of aliphatic hydroxyl groups excluding tert-OH is 1. The van der Waals surface area contributed by atoms with Gasteiger partial charge in [0.2, 0.25) is 5.91 Å². The molecule has 0 aliphatic carbocycles. The minimum absolute atomic E-state index is 0.0219. The Kier molecular flexibility index (Phi) is 5.75. The highest BCUT2D eigenvalue weighted by atomic mass is 16.5. The minimum Gasteiger partial charge on any atom is -0.479 e. The lowest BCUT2D eigenvalue weighted by Crippen LogP contribution is -2.39. The molecule has 2 rings (SSSR count). The molecule has 0 bridgehead atoms. The fourth-order valence-electron chi connectivity index (χ4n) is 2.66. The molecule has 1 aliphatic heterocycles. The van der Waals surface area contributed by atoms with Crippen molar-refractivity contribution < 1.29 is 19.4 Å². The molecule has 0 unspecified atom stereocenters. The van der Waals surface area contributed by atoms with Gasteiger partial charge in [-0.25, -0.2) is 0 Å². The van der Waals surface area contributed by atoms with Gasteiger partial charge >= 0.3 is 0 Å². The van der Waals surface area contributed by atoms with E-state index in [2.05, 4.69) is 0 Å². The number of carbonyl (C=O) groups excluding carboxylic acids is 1. The van der Waals surface area contributed by atoms with E-state index in [0.29, 0.717) is 18.7 Å². The van der Waals surface area contributed by atoms with Gasteiger partial charge in [0, 0.05) is 13.7 Å². The number of hydrogen-bond acceptors (Lipinski definition) is 5. The number of amides is 1. The zero-order chi connectivity index (χ0) is 15.9. The quantitative estimate of drug-likeness (QED) is 0.838. The molecule has 1 amide bonds. The van der Waals surface area contributed by atoms with Crippen LogP contribution >= 0.6 is 0 Å². The zero-order valence-electron chi connectivity index (χ0n) is 12.6. The molecule has 1 aromatic carbocycles. The number of hydrogen-bond donors (Lipinski definition) is 1. The molecule has 1 aromatic rings. The first-order valence-electron chi connectivity index (χ1n) is 7.19. The predicted molar refractivity (Wildman–Crippen MR) is 79.3 cm³/mol. The first kappa shape index (κ1) is 16.3. The third kappa shape index (κ3) is 3.97. The summed E-state index contributed by atoms with van der Waals surface area (Å²) in [5.74, 6) is 0.526. The molecule has 0 spiro atoms. The van der Waals surface area contributed by atoms with Crippen molar-refractivity contribution in [2.75, 3.05) is 26.9 Å². The third-order valence-electron chi connectivity index (χ3n) is 3.80. The predicted octanol–water partition coefficient (Wildman–Crippen LogP) is 0.740. The highest BCUT2D eigenvalue weighted by Gasteiger charge is 2.34. The molecule has 1 fully saturated rings. The van der Waals surface area contributed by atoms with Crippen LogP contribution in [0.5, 0.6) is 5.75 Å². The SMILES string of the molecule is CO[C@H]1C[C@@H](CO)N(C(=O)Cc2cccc(OCC#N)c2)C1. The summed E-state index contributed by atoms with van der Waals surface area (Å²) < 4.78 is 10.5. The Morgan fingerprint density at radius 1 is 1.55 bits per heavy atom. The van der Waals surface area contributed by atoms with Gasteiger partial charge in [0.1, 0.15) is 11.8 Å². The van der Waals surface area contributed by atoms with Gasteiger partial charge in [-0.1, -0.05) is 12.1 Å². The van der Waals surface area contributed by atoms with Crippen LogP contribution in [0.2, 0.25) is 0 Å². The van der Waals surface area contributed by atoms with Crippen molar-refractivity contribution in [3.8, 4) is 11.8 Å². The summed E-state index contributed by atoms with van der Waals surface area (Å²) in [6, 6.07) is 8.86. The Balaban J connectivity index is 2.01. The number of rotatable bonds is 6. The zero-order valence-corrected chi connectivity index (χ0v) is 12.6. The van der Waals surface area contributed by atoms with E-state index in [4.69, 9.17) is 14.7 Å². The summed E-state index contributed by atoms with van der Waals surface area (Å²) in [7, 11) is 1.61. The number of aliphatic hydroxyl groups is 1. The van der Waals surface area contributed by atoms with E-state index in [1.807, 2.05) is 12.1 Å². The van der Waals surface area contributed by atoms with Gasteiger partial charge in [-0.15, -0.1) is 0 Å². The minimum atomic E-state index is -0.185. The summed E-state index contributed by atoms with van der Waals surface area (Å²) in [6.07, 6.45) is 0.868. The lowest BCUT2D eigenvalue weighted by Gasteiger charge is -2.22. The summed E-state index contributed by atoms with van der Waals surface area (Å²) in [5.41, 5.74) is 0.818. The van der Waals surface area contributed by atoms with E-state index in [-0.39, 0.29) is 37.7 Å². The molecule has 118 valence electrons. The molecular weight excluding hydrogens is 284 g/mol. The Hall–Kier alpha value is -2.10. The number of carbonyl (C=O) groups is 1. The number of likely N-dealkylation sites (tertiary alicyclic amines) is 1. The van der Waals surface area contributed by atoms with Gasteiger partial charge in [0.05, 0.1) is 25.2 Å². The second-order valence-corrected chi connectivity index (χ2v) is 5.25. The summed E-state index contributed by atoms with van der Waals surface area (Å²) in [4.78, 5) is 14.1. The van der Waals surface area contributed by atoms with E-state index >= 15 is 0 Å². The lowest BCUT2D eigenvalue weighted by atomic mass is 10.1.